The fourth-order valence-electron chi connectivity index (χ4n) is 5.81. The number of hydrazone groups is 2. The molecule has 0 spiro atoms. The first-order valence-electron chi connectivity index (χ1n) is 46.8. The molecule has 442 valence electrons. The maximum Gasteiger partial charge on any atom is 0.298 e. The maximum absolute atomic E-state index is 11.0. The molecule has 0 fully saturated rings. The molecule has 6 heterocycles. The van der Waals surface area contributed by atoms with Gasteiger partial charge in [-0.2, -0.15) is 20.4 Å². The number of nitrogen functional groups attached to an aromatic ring is 2. The number of nitrogens with one attached hydrogen (secondary N) is 2. The minimum absolute atomic E-state index is 0. The van der Waals surface area contributed by atoms with E-state index in [0.29, 0.717) is 57.4 Å². The number of rotatable bonds is 9. The van der Waals surface area contributed by atoms with E-state index < -0.39 is 9.85 Å². The van der Waals surface area contributed by atoms with Crippen LogP contribution in [0.3, 0.4) is 0 Å². The second-order valence-electron chi connectivity index (χ2n) is 14.3. The number of amidine groups is 2. The summed E-state index contributed by atoms with van der Waals surface area (Å²) in [6.07, 6.45) is 6.62. The molecule has 76 heavy (non-hydrogen) atoms. The van der Waals surface area contributed by atoms with Gasteiger partial charge in [-0.25, -0.2) is 19.9 Å². The van der Waals surface area contributed by atoms with E-state index in [1.165, 1.54) is 48.8 Å². The molecule has 0 bridgehead atoms. The second-order valence-corrected chi connectivity index (χ2v) is 17.1. The van der Waals surface area contributed by atoms with Crippen LogP contribution in [0.25, 0.3) is 45.8 Å². The van der Waals surface area contributed by atoms with E-state index in [1.54, 1.807) is 79.1 Å². The van der Waals surface area contributed by atoms with E-state index in [1.807, 2.05) is 0 Å². The van der Waals surface area contributed by atoms with Gasteiger partial charge in [0.25, 0.3) is 11.4 Å². The number of aromatic amines is 2. The Balaban J connectivity index is -0.0000000464. The highest BCUT2D eigenvalue weighted by molar-refractivity contribution is 9.11. The number of halogens is 3. The summed E-state index contributed by atoms with van der Waals surface area (Å²) in [7, 11) is 0. The predicted molar refractivity (Wildman–Crippen MR) is 348 cm³/mol. The number of aromatic hydroxyl groups is 3. The van der Waals surface area contributed by atoms with Crippen LogP contribution >= 0.6 is 47.8 Å². The lowest BCUT2D eigenvalue weighted by Crippen LogP contribution is -2.18. The van der Waals surface area contributed by atoms with Crippen molar-refractivity contribution in [2.75, 3.05) is 11.5 Å². The highest BCUT2D eigenvalue weighted by atomic mass is 79.9. The van der Waals surface area contributed by atoms with Crippen LogP contribution < -0.4 is 34.6 Å². The van der Waals surface area contributed by atoms with Crippen LogP contribution in [0.15, 0.2) is 152 Å². The SMILES string of the molecule is N/N=C(\N)c1ncccc1N.N/N=C(\N)c1ncccc1[N+](=O)[O-].Nc1cccnc1-c1nc(-c2cc(Br)ccc2O)n[nH]1.O=Cc1cc(Br)ccc1O.O=[N+]([O-])c1cccnc1-c1nc(-c2cc(Br)ccc2O)n[nH]1.[3HH].[3H][3H].[3H][3H].[3H][3H].[3H][3H].[3H][3H].[3H][3H].[3H][3H].[3H][3H].[3H][3H].[3H][3H].[3H][3H].[3H][3H].[3H][3H].[3H][3H].[3H][3H].[3H][3H].[3H][3H].[3H][3H].[3H][3H].[3H][3H].[3H][3H].[3H][3H].[3H][3H].[3H][3H].[3H][3H].[3H][3H]. The minimum atomic E-state index is -0.597. The summed E-state index contributed by atoms with van der Waals surface area (Å²) < 4.78 is 262. The molecule has 0 saturated carbocycles. The van der Waals surface area contributed by atoms with E-state index in [2.05, 4.69) is 108 Å². The Morgan fingerprint density at radius 2 is 1.01 bits per heavy atom. The lowest BCUT2D eigenvalue weighted by molar-refractivity contribution is -0.385. The van der Waals surface area contributed by atoms with Gasteiger partial charge < -0.3 is 49.9 Å². The molecule has 0 radical (unpaired) electrons. The molecule has 0 aliphatic rings. The number of carbonyl (C=O) groups excluding carboxylic acids is 1. The van der Waals surface area contributed by atoms with Crippen molar-refractivity contribution in [1.29, 1.82) is 0 Å². The fraction of sp³-hybridized carbons (Fsp3) is 0. The molecule has 0 aliphatic carbocycles. The lowest BCUT2D eigenvalue weighted by Gasteiger charge is -2.00. The number of aldehydes is 1. The summed E-state index contributed by atoms with van der Waals surface area (Å²) >= 11 is 9.81. The zero-order chi connectivity index (χ0) is 107. The minimum Gasteiger partial charge on any atom is -0.507 e. The number of nitrogens with zero attached hydrogens (tertiary/aromatic N) is 12. The van der Waals surface area contributed by atoms with Gasteiger partial charge in [-0.1, -0.05) is 47.8 Å². The Bertz CT molecular complexity index is 3690. The van der Waals surface area contributed by atoms with Gasteiger partial charge in [-0.05, 0) is 91.0 Å². The zero-order valence-electron chi connectivity index (χ0n) is 90.5. The first-order chi connectivity index (χ1) is 62.4. The van der Waals surface area contributed by atoms with Crippen LogP contribution in [0, 0.1) is 20.2 Å². The molecule has 6 aromatic heterocycles. The van der Waals surface area contributed by atoms with Gasteiger partial charge in [0, 0.05) is 129 Å². The van der Waals surface area contributed by atoms with Gasteiger partial charge in [0.05, 0.1) is 37.9 Å². The van der Waals surface area contributed by atoms with Crippen LogP contribution in [-0.2, 0) is 0 Å². The number of hydrogen-bond donors (Lipinski definition) is 11. The molecule has 9 rings (SSSR count). The summed E-state index contributed by atoms with van der Waals surface area (Å²) in [5.74, 6) is 11.1. The number of H-pyrrole nitrogens is 2. The topological polar surface area (TPSA) is 480 Å². The quantitative estimate of drug-likeness (QED) is 0.0160. The van der Waals surface area contributed by atoms with Crippen molar-refractivity contribution in [1.82, 2.24) is 50.3 Å². The monoisotopic (exact) mass is 1380 g/mol. The van der Waals surface area contributed by atoms with Gasteiger partial charge >= 0.3 is 0 Å². The smallest absolute Gasteiger partial charge is 0.298 e. The van der Waals surface area contributed by atoms with Crippen molar-refractivity contribution in [2.24, 2.45) is 33.4 Å². The summed E-state index contributed by atoms with van der Waals surface area (Å²) in [5.41, 5.74) is 24.9. The van der Waals surface area contributed by atoms with Gasteiger partial charge in [0.15, 0.2) is 52.6 Å². The molecule has 0 amide bonds. The highest BCUT2D eigenvalue weighted by Gasteiger charge is 2.21. The van der Waals surface area contributed by atoms with Crippen LogP contribution in [0.4, 0.5) is 22.7 Å². The highest BCUT2D eigenvalue weighted by Crippen LogP contribution is 2.33. The number of hydrogen-bond acceptors (Lipinski definition) is 22. The number of nitro groups is 2. The number of pyridine rings is 4. The molecule has 9 aromatic rings. The van der Waals surface area contributed by atoms with Crippen molar-refractivity contribution >= 4 is 88.5 Å². The van der Waals surface area contributed by atoms with E-state index in [9.17, 15) is 35.2 Å². The van der Waals surface area contributed by atoms with Crippen molar-refractivity contribution in [3.63, 3.8) is 0 Å². The van der Waals surface area contributed by atoms with E-state index >= 15 is 0 Å². The largest absolute Gasteiger partial charge is 0.507 e. The lowest BCUT2D eigenvalue weighted by atomic mass is 10.2. The third-order valence-electron chi connectivity index (χ3n) is 9.34. The first kappa shape index (κ1) is 30.2. The van der Waals surface area contributed by atoms with Crippen molar-refractivity contribution < 1.29 is 109 Å². The van der Waals surface area contributed by atoms with Crippen LogP contribution in [-0.4, -0.2) is 93.4 Å². The van der Waals surface area contributed by atoms with Gasteiger partial charge in [0.2, 0.25) is 0 Å². The first-order valence-corrected chi connectivity index (χ1v) is 23.2. The Kier molecular flexibility index (Phi) is 10.8. The average Bonchev–Trinajstić information content (AvgIpc) is 1.68. The molecular formula is C45H93Br3N20O8. The zero-order valence-corrected chi connectivity index (χ0v) is 43.3. The van der Waals surface area contributed by atoms with Gasteiger partial charge in [-0.15, -0.1) is 0 Å². The molecule has 3 aromatic carbocycles. The van der Waals surface area contributed by atoms with E-state index in [-0.39, 0.29) is 64.8 Å². The normalized spacial score (nSPS) is 13.4. The fourth-order valence-corrected chi connectivity index (χ4v) is 6.91. The van der Waals surface area contributed by atoms with E-state index in [0.717, 1.165) is 13.4 Å². The molecule has 0 atom stereocenters. The second kappa shape index (κ2) is 27.2. The summed E-state index contributed by atoms with van der Waals surface area (Å²) in [4.78, 5) is 54.8. The van der Waals surface area contributed by atoms with Crippen molar-refractivity contribution in [3.05, 3.63) is 179 Å². The van der Waals surface area contributed by atoms with Crippen LogP contribution in [0.1, 0.15) is 100 Å². The summed E-state index contributed by atoms with van der Waals surface area (Å²) in [6, 6.07) is 27.0. The third kappa shape index (κ3) is 15.3. The Hall–Kier alpha value is -10.0. The number of benzene rings is 3. The predicted octanol–water partition coefficient (Wildman–Crippen LogP) is 12.9. The number of carbonyl (C=O) groups is 1. The molecule has 31 heteroatoms. The standard InChI is InChI=1S/C13H8BrN5O3.C13H10BrN5O.C7H5BrO2.C6H7N5O2.C6H9N5.27H2/c14-7-3-4-10(20)8(6-7)12-16-13(18-17-12)11-9(19(21)22)2-1-5-15-11;14-7-3-4-10(20)8(6-7)12-17-13(19-18-12)11-9(15)2-1-5-16-11;8-6-1-2-7(10)5(3-6)4-9;7-6(10-8)5-4(11(12)13)2-1-3-9-5;7-4-2-1-3-10-5(4)6(8)11-9;;;;;;;;;;;;;;;;;;;;;;;;;;;/h1-6,20H,(H,16,17,18);1-6,20H,15H2,(H,17,18,19);1-4,10H;1-3H,8H2,(H2,7,10);1-3H,7,9H2,(H2,8,11);27*1H/i;;;;;26*1+2T;1+2. The van der Waals surface area contributed by atoms with Crippen molar-refractivity contribution in [2.45, 2.75) is 0 Å². The molecule has 17 N–H and O–H groups in total. The molecule has 0 saturated heterocycles. The van der Waals surface area contributed by atoms with Crippen molar-refractivity contribution in [3.8, 4) is 63.1 Å². The molecule has 0 unspecified atom stereocenters. The molecule has 28 nitrogen and oxygen atoms in total. The summed E-state index contributed by atoms with van der Waals surface area (Å²) in [6.45, 7) is 0. The number of nitrogens with two attached hydrogens (primary N) is 6. The Morgan fingerprint density at radius 3 is 1.49 bits per heavy atom. The number of phenols is 3. The Labute approximate surface area is 534 Å². The number of phenolic OH excluding ortho intramolecular Hbond substituents is 3. The Morgan fingerprint density at radius 1 is 0.592 bits per heavy atom. The third-order valence-corrected chi connectivity index (χ3v) is 10.8. The maximum atomic E-state index is 11.0. The van der Waals surface area contributed by atoms with Crippen LogP contribution in [0.2, 0.25) is 0 Å². The number of aromatic nitrogens is 10. The van der Waals surface area contributed by atoms with Gasteiger partial charge in [0.1, 0.15) is 28.6 Å². The van der Waals surface area contributed by atoms with Gasteiger partial charge in [-0.3, -0.25) is 45.2 Å². The molecule has 0 aliphatic heterocycles. The molecular weight excluding hydrogens is 1190 g/mol. The number of anilines is 2. The van der Waals surface area contributed by atoms with E-state index in [4.69, 9.17) is 117 Å². The summed E-state index contributed by atoms with van der Waals surface area (Å²) in [5, 5.41) is 70.1. The van der Waals surface area contributed by atoms with Crippen LogP contribution in [0.5, 0.6) is 17.2 Å². The average molecular weight is 1390 g/mol.